The fourth-order valence-electron chi connectivity index (χ4n) is 4.49. The number of aromatic nitrogens is 1. The number of amides is 1. The van der Waals surface area contributed by atoms with Crippen LogP contribution in [0.2, 0.25) is 0 Å². The number of anilines is 1. The lowest BCUT2D eigenvalue weighted by molar-refractivity contribution is -0.131. The maximum Gasteiger partial charge on any atom is 0.416 e. The van der Waals surface area contributed by atoms with Crippen molar-refractivity contribution >= 4 is 29.7 Å². The van der Waals surface area contributed by atoms with Gasteiger partial charge < -0.3 is 9.84 Å². The van der Waals surface area contributed by atoms with Crippen LogP contribution in [0, 0.1) is 0 Å². The molecule has 0 aliphatic carbocycles. The summed E-state index contributed by atoms with van der Waals surface area (Å²) in [6, 6.07) is 20.2. The molecule has 39 heavy (non-hydrogen) atoms. The summed E-state index contributed by atoms with van der Waals surface area (Å²) in [5.74, 6) is -0.598. The zero-order chi connectivity index (χ0) is 28.0. The third-order valence-corrected chi connectivity index (χ3v) is 6.30. The van der Waals surface area contributed by atoms with Crippen molar-refractivity contribution in [2.45, 2.75) is 45.4 Å². The third-order valence-electron chi connectivity index (χ3n) is 6.30. The zero-order valence-corrected chi connectivity index (χ0v) is 22.4. The molecule has 1 fully saturated rings. The van der Waals surface area contributed by atoms with Crippen LogP contribution in [0.3, 0.4) is 0 Å². The van der Waals surface area contributed by atoms with Crippen molar-refractivity contribution in [2.75, 3.05) is 18.0 Å². The lowest BCUT2D eigenvalue weighted by Gasteiger charge is -2.31. The maximum atomic E-state index is 13.3. The Labute approximate surface area is 228 Å². The topological polar surface area (TPSA) is 100 Å². The Kier molecular flexibility index (Phi) is 8.56. The summed E-state index contributed by atoms with van der Waals surface area (Å²) in [6.07, 6.45) is 4.30. The van der Waals surface area contributed by atoms with Gasteiger partial charge in [0.05, 0.1) is 6.04 Å². The summed E-state index contributed by atoms with van der Waals surface area (Å²) in [6.45, 7) is 7.57. The third kappa shape index (κ3) is 7.61. The number of ether oxygens (including phenoxy) is 1. The maximum absolute atomic E-state index is 13.3. The zero-order valence-electron chi connectivity index (χ0n) is 22.4. The van der Waals surface area contributed by atoms with Gasteiger partial charge >= 0.3 is 12.1 Å². The molecule has 1 amide bonds. The van der Waals surface area contributed by atoms with Crippen LogP contribution in [0.5, 0.6) is 0 Å². The van der Waals surface area contributed by atoms with Gasteiger partial charge in [0.1, 0.15) is 11.4 Å². The van der Waals surface area contributed by atoms with Crippen LogP contribution < -0.4 is 4.90 Å². The monoisotopic (exact) mass is 527 g/mol. The number of carboxylic acids is 1. The first-order chi connectivity index (χ1) is 18.6. The van der Waals surface area contributed by atoms with Crippen molar-refractivity contribution in [3.63, 3.8) is 0 Å². The van der Waals surface area contributed by atoms with Gasteiger partial charge in [0.25, 0.3) is 0 Å². The van der Waals surface area contributed by atoms with Gasteiger partial charge in [-0.15, -0.1) is 0 Å². The Morgan fingerprint density at radius 2 is 1.72 bits per heavy atom. The number of benzene rings is 2. The fourth-order valence-corrected chi connectivity index (χ4v) is 4.49. The van der Waals surface area contributed by atoms with E-state index in [1.165, 1.54) is 12.3 Å². The molecule has 0 unspecified atom stereocenters. The largest absolute Gasteiger partial charge is 0.478 e. The van der Waals surface area contributed by atoms with Gasteiger partial charge in [-0.3, -0.25) is 14.6 Å². The number of carbonyl (C=O) groups excluding carboxylic acids is 2. The van der Waals surface area contributed by atoms with E-state index in [0.717, 1.165) is 24.6 Å². The second kappa shape index (κ2) is 12.0. The van der Waals surface area contributed by atoms with E-state index < -0.39 is 17.7 Å². The molecule has 2 heterocycles. The fraction of sp³-hybridized carbons (Fsp3) is 0.290. The number of aliphatic carboxylic acids is 1. The summed E-state index contributed by atoms with van der Waals surface area (Å²) < 4.78 is 5.71. The molecule has 1 N–H and O–H groups in total. The predicted molar refractivity (Wildman–Crippen MR) is 150 cm³/mol. The number of pyridine rings is 1. The van der Waals surface area contributed by atoms with E-state index in [1.807, 2.05) is 75.4 Å². The molecule has 0 radical (unpaired) electrons. The summed E-state index contributed by atoms with van der Waals surface area (Å²) in [7, 11) is 0. The minimum atomic E-state index is -1.04. The Balaban J connectivity index is 1.45. The Hall–Kier alpha value is -4.30. The quantitative estimate of drug-likeness (QED) is 0.308. The van der Waals surface area contributed by atoms with Gasteiger partial charge in [-0.25, -0.2) is 14.6 Å². The molecule has 1 atom stereocenters. The van der Waals surface area contributed by atoms with Crippen LogP contribution in [0.15, 0.2) is 79.0 Å². The molecule has 3 aromatic rings. The van der Waals surface area contributed by atoms with Crippen LogP contribution in [-0.2, 0) is 16.1 Å². The predicted octanol–water partition coefficient (Wildman–Crippen LogP) is 5.43. The minimum Gasteiger partial charge on any atom is -0.478 e. The van der Waals surface area contributed by atoms with E-state index in [0.29, 0.717) is 35.6 Å². The van der Waals surface area contributed by atoms with Crippen LogP contribution in [0.25, 0.3) is 6.08 Å². The van der Waals surface area contributed by atoms with Crippen molar-refractivity contribution in [3.8, 4) is 0 Å². The standard InChI is InChI=1S/C31H33N3O5/c1-31(2,3)39-30(38)34(27-15-11-22(19-32-27)12-16-28(35)36)26-17-18-33(21-26)20-23-9-13-25(14-10-23)29(37)24-7-5-4-6-8-24/h4-16,19,26H,17-18,20-21H2,1-3H3,(H,35,36)/t26-/m1/s1. The van der Waals surface area contributed by atoms with Gasteiger partial charge in [0.15, 0.2) is 5.78 Å². The smallest absolute Gasteiger partial charge is 0.416 e. The van der Waals surface area contributed by atoms with Crippen molar-refractivity contribution in [2.24, 2.45) is 0 Å². The number of nitrogens with zero attached hydrogens (tertiary/aromatic N) is 3. The number of rotatable bonds is 8. The molecule has 0 spiro atoms. The lowest BCUT2D eigenvalue weighted by Crippen LogP contribution is -2.45. The number of carboxylic acid groups (broad SMARTS) is 1. The Bertz CT molecular complexity index is 1330. The first-order valence-corrected chi connectivity index (χ1v) is 12.9. The van der Waals surface area contributed by atoms with Crippen molar-refractivity contribution in [1.82, 2.24) is 9.88 Å². The highest BCUT2D eigenvalue weighted by Crippen LogP contribution is 2.26. The molecule has 1 aromatic heterocycles. The summed E-state index contributed by atoms with van der Waals surface area (Å²) >= 11 is 0. The molecule has 1 saturated heterocycles. The van der Waals surface area contributed by atoms with Crippen molar-refractivity contribution < 1.29 is 24.2 Å². The average molecular weight is 528 g/mol. The van der Waals surface area contributed by atoms with Crippen LogP contribution in [0.1, 0.15) is 54.2 Å². The molecule has 8 heteroatoms. The van der Waals surface area contributed by atoms with Gasteiger partial charge in [-0.05, 0) is 56.5 Å². The van der Waals surface area contributed by atoms with E-state index in [2.05, 4.69) is 9.88 Å². The molecule has 0 saturated carbocycles. The van der Waals surface area contributed by atoms with E-state index >= 15 is 0 Å². The summed E-state index contributed by atoms with van der Waals surface area (Å²) in [4.78, 5) is 45.1. The first-order valence-electron chi connectivity index (χ1n) is 12.9. The Morgan fingerprint density at radius 1 is 1.03 bits per heavy atom. The molecule has 2 aromatic carbocycles. The van der Waals surface area contributed by atoms with E-state index in [9.17, 15) is 14.4 Å². The van der Waals surface area contributed by atoms with Gasteiger partial charge in [0, 0.05) is 43.0 Å². The average Bonchev–Trinajstić information content (AvgIpc) is 3.35. The van der Waals surface area contributed by atoms with E-state index in [-0.39, 0.29) is 11.8 Å². The highest BCUT2D eigenvalue weighted by molar-refractivity contribution is 6.08. The lowest BCUT2D eigenvalue weighted by atomic mass is 10.0. The molecular weight excluding hydrogens is 494 g/mol. The van der Waals surface area contributed by atoms with Gasteiger partial charge in [-0.1, -0.05) is 54.6 Å². The number of ketones is 1. The molecule has 1 aliphatic rings. The number of likely N-dealkylation sites (tertiary alicyclic amines) is 1. The highest BCUT2D eigenvalue weighted by Gasteiger charge is 2.35. The molecule has 4 rings (SSSR count). The first kappa shape index (κ1) is 27.7. The van der Waals surface area contributed by atoms with E-state index in [4.69, 9.17) is 9.84 Å². The summed E-state index contributed by atoms with van der Waals surface area (Å²) in [5.41, 5.74) is 2.34. The SMILES string of the molecule is CC(C)(C)OC(=O)N(c1ccc(C=CC(=O)O)cn1)[C@@H]1CCN(Cc2ccc(C(=O)c3ccccc3)cc2)C1. The number of carbonyl (C=O) groups is 3. The molecule has 202 valence electrons. The molecule has 8 nitrogen and oxygen atoms in total. The van der Waals surface area contributed by atoms with Crippen LogP contribution in [-0.4, -0.2) is 57.6 Å². The highest BCUT2D eigenvalue weighted by atomic mass is 16.6. The van der Waals surface area contributed by atoms with Crippen LogP contribution in [0.4, 0.5) is 10.6 Å². The molecule has 1 aliphatic heterocycles. The second-order valence-electron chi connectivity index (χ2n) is 10.5. The van der Waals surface area contributed by atoms with Gasteiger partial charge in [-0.2, -0.15) is 0 Å². The van der Waals surface area contributed by atoms with Gasteiger partial charge in [0.2, 0.25) is 0 Å². The minimum absolute atomic E-state index is 0.00615. The summed E-state index contributed by atoms with van der Waals surface area (Å²) in [5, 5.41) is 8.86. The molecule has 0 bridgehead atoms. The Morgan fingerprint density at radius 3 is 2.33 bits per heavy atom. The number of hydrogen-bond acceptors (Lipinski definition) is 6. The van der Waals surface area contributed by atoms with Crippen LogP contribution >= 0.6 is 0 Å². The van der Waals surface area contributed by atoms with Crippen molar-refractivity contribution in [3.05, 3.63) is 101 Å². The molecular formula is C31H33N3O5. The second-order valence-corrected chi connectivity index (χ2v) is 10.5. The van der Waals surface area contributed by atoms with E-state index in [1.54, 1.807) is 17.0 Å². The number of hydrogen-bond donors (Lipinski definition) is 1. The van der Waals surface area contributed by atoms with Crippen molar-refractivity contribution in [1.29, 1.82) is 0 Å². The normalized spacial score (nSPS) is 15.8.